The lowest BCUT2D eigenvalue weighted by molar-refractivity contribution is -0.121. The molecule has 7 heteroatoms. The molecule has 0 aliphatic heterocycles. The van der Waals surface area contributed by atoms with Gasteiger partial charge in [0.2, 0.25) is 15.9 Å². The predicted octanol–water partition coefficient (Wildman–Crippen LogP) is 0.0189. The Hall–Kier alpha value is -1.47. The van der Waals surface area contributed by atoms with E-state index in [0.717, 1.165) is 11.8 Å². The molecule has 0 bridgehead atoms. The van der Waals surface area contributed by atoms with Gasteiger partial charge in [0.25, 0.3) is 0 Å². The summed E-state index contributed by atoms with van der Waals surface area (Å²) in [5.74, 6) is -1.63. The van der Waals surface area contributed by atoms with Crippen LogP contribution < -0.4 is 10.5 Å². The number of amides is 1. The van der Waals surface area contributed by atoms with Gasteiger partial charge in [-0.1, -0.05) is 12.1 Å². The van der Waals surface area contributed by atoms with E-state index >= 15 is 0 Å². The number of halogens is 1. The average molecular weight is 274 g/mol. The highest BCUT2D eigenvalue weighted by molar-refractivity contribution is 7.88. The summed E-state index contributed by atoms with van der Waals surface area (Å²) in [7, 11) is -3.37. The molecular formula is C11H15FN2O3S. The van der Waals surface area contributed by atoms with Crippen molar-refractivity contribution in [2.24, 2.45) is 11.7 Å². The zero-order chi connectivity index (χ0) is 13.8. The summed E-state index contributed by atoms with van der Waals surface area (Å²) < 4.78 is 36.8. The summed E-state index contributed by atoms with van der Waals surface area (Å²) in [4.78, 5) is 11.2. The molecule has 0 aliphatic rings. The van der Waals surface area contributed by atoms with Crippen LogP contribution in [0.15, 0.2) is 24.3 Å². The molecular weight excluding hydrogens is 259 g/mol. The first kappa shape index (κ1) is 14.6. The summed E-state index contributed by atoms with van der Waals surface area (Å²) in [5, 5.41) is 0. The van der Waals surface area contributed by atoms with E-state index in [0.29, 0.717) is 0 Å². The molecule has 0 saturated carbocycles. The number of rotatable bonds is 6. The third-order valence-corrected chi connectivity index (χ3v) is 3.08. The van der Waals surface area contributed by atoms with Crippen molar-refractivity contribution in [3.8, 4) is 0 Å². The van der Waals surface area contributed by atoms with Gasteiger partial charge in [-0.05, 0) is 24.1 Å². The lowest BCUT2D eigenvalue weighted by Crippen LogP contribution is -2.36. The van der Waals surface area contributed by atoms with Crippen molar-refractivity contribution in [2.45, 2.75) is 6.42 Å². The van der Waals surface area contributed by atoms with Gasteiger partial charge >= 0.3 is 0 Å². The Balaban J connectivity index is 2.69. The van der Waals surface area contributed by atoms with Crippen molar-refractivity contribution < 1.29 is 17.6 Å². The molecule has 0 radical (unpaired) electrons. The smallest absolute Gasteiger partial charge is 0.222 e. The molecule has 0 aliphatic carbocycles. The van der Waals surface area contributed by atoms with Gasteiger partial charge in [-0.25, -0.2) is 17.5 Å². The Bertz CT molecular complexity index is 514. The Kier molecular flexibility index (Phi) is 4.80. The highest BCUT2D eigenvalue weighted by Crippen LogP contribution is 2.09. The minimum absolute atomic E-state index is 0.0639. The number of nitrogens with two attached hydrogens (primary N) is 1. The fourth-order valence-electron chi connectivity index (χ4n) is 1.43. The number of sulfonamides is 1. The van der Waals surface area contributed by atoms with Gasteiger partial charge in [-0.2, -0.15) is 0 Å². The molecule has 1 aromatic rings. The summed E-state index contributed by atoms with van der Waals surface area (Å²) in [6.45, 7) is -0.0639. The van der Waals surface area contributed by atoms with Gasteiger partial charge in [-0.15, -0.1) is 0 Å². The fourth-order valence-corrected chi connectivity index (χ4v) is 1.93. The molecule has 0 aromatic heterocycles. The van der Waals surface area contributed by atoms with E-state index in [9.17, 15) is 17.6 Å². The van der Waals surface area contributed by atoms with E-state index in [4.69, 9.17) is 5.73 Å². The molecule has 5 nitrogen and oxygen atoms in total. The summed E-state index contributed by atoms with van der Waals surface area (Å²) in [6.07, 6.45) is 1.26. The van der Waals surface area contributed by atoms with Gasteiger partial charge in [0.1, 0.15) is 5.82 Å². The lowest BCUT2D eigenvalue weighted by Gasteiger charge is -2.13. The minimum Gasteiger partial charge on any atom is -0.369 e. The minimum atomic E-state index is -3.37. The molecule has 18 heavy (non-hydrogen) atoms. The zero-order valence-corrected chi connectivity index (χ0v) is 10.7. The van der Waals surface area contributed by atoms with Crippen LogP contribution in [-0.2, 0) is 21.2 Å². The van der Waals surface area contributed by atoms with Crippen LogP contribution in [0.4, 0.5) is 4.39 Å². The van der Waals surface area contributed by atoms with E-state index in [2.05, 4.69) is 4.72 Å². The van der Waals surface area contributed by atoms with Gasteiger partial charge < -0.3 is 5.73 Å². The maximum Gasteiger partial charge on any atom is 0.222 e. The molecule has 3 N–H and O–H groups in total. The lowest BCUT2D eigenvalue weighted by atomic mass is 9.99. The van der Waals surface area contributed by atoms with Crippen molar-refractivity contribution in [2.75, 3.05) is 12.8 Å². The number of nitrogens with one attached hydrogen (secondary N) is 1. The standard InChI is InChI=1S/C11H15FN2O3S/c1-18(16,17)14-7-9(11(13)15)6-8-2-4-10(12)5-3-8/h2-5,9,14H,6-7H2,1H3,(H2,13,15)/t9-/m1/s1. The van der Waals surface area contributed by atoms with E-state index in [-0.39, 0.29) is 18.8 Å². The van der Waals surface area contributed by atoms with Crippen molar-refractivity contribution in [1.82, 2.24) is 4.72 Å². The van der Waals surface area contributed by atoms with Crippen molar-refractivity contribution in [3.63, 3.8) is 0 Å². The largest absolute Gasteiger partial charge is 0.369 e. The van der Waals surface area contributed by atoms with Crippen molar-refractivity contribution >= 4 is 15.9 Å². The highest BCUT2D eigenvalue weighted by atomic mass is 32.2. The van der Waals surface area contributed by atoms with E-state index in [1.54, 1.807) is 0 Å². The molecule has 1 atom stereocenters. The van der Waals surface area contributed by atoms with Crippen LogP contribution in [0.2, 0.25) is 0 Å². The molecule has 1 aromatic carbocycles. The number of benzene rings is 1. The van der Waals surface area contributed by atoms with Crippen LogP contribution in [0.5, 0.6) is 0 Å². The second-order valence-electron chi connectivity index (χ2n) is 4.05. The first-order valence-electron chi connectivity index (χ1n) is 5.26. The van der Waals surface area contributed by atoms with Crippen molar-refractivity contribution in [3.05, 3.63) is 35.6 Å². The zero-order valence-electron chi connectivity index (χ0n) is 9.89. The third-order valence-electron chi connectivity index (χ3n) is 2.39. The Morgan fingerprint density at radius 2 is 1.94 bits per heavy atom. The van der Waals surface area contributed by atoms with Crippen LogP contribution in [0.1, 0.15) is 5.56 Å². The van der Waals surface area contributed by atoms with Crippen LogP contribution in [0, 0.1) is 11.7 Å². The predicted molar refractivity (Wildman–Crippen MR) is 65.6 cm³/mol. The number of carbonyl (C=O) groups excluding carboxylic acids is 1. The summed E-state index contributed by atoms with van der Waals surface area (Å²) >= 11 is 0. The number of primary amides is 1. The third kappa shape index (κ3) is 5.24. The second-order valence-corrected chi connectivity index (χ2v) is 5.88. The van der Waals surface area contributed by atoms with Gasteiger partial charge in [0, 0.05) is 6.54 Å². The molecule has 0 spiro atoms. The first-order valence-corrected chi connectivity index (χ1v) is 7.15. The molecule has 100 valence electrons. The number of hydrogen-bond donors (Lipinski definition) is 2. The molecule has 0 unspecified atom stereocenters. The monoisotopic (exact) mass is 274 g/mol. The fraction of sp³-hybridized carbons (Fsp3) is 0.364. The second kappa shape index (κ2) is 5.92. The number of hydrogen-bond acceptors (Lipinski definition) is 3. The van der Waals surface area contributed by atoms with Gasteiger partial charge in [0.05, 0.1) is 12.2 Å². The maximum absolute atomic E-state index is 12.7. The summed E-state index contributed by atoms with van der Waals surface area (Å²) in [5.41, 5.74) is 5.91. The quantitative estimate of drug-likeness (QED) is 0.766. The van der Waals surface area contributed by atoms with Gasteiger partial charge in [-0.3, -0.25) is 4.79 Å². The first-order chi connectivity index (χ1) is 8.28. The van der Waals surface area contributed by atoms with E-state index < -0.39 is 21.8 Å². The average Bonchev–Trinajstić information content (AvgIpc) is 2.25. The SMILES string of the molecule is CS(=O)(=O)NC[C@@H](Cc1ccc(F)cc1)C(N)=O. The van der Waals surface area contributed by atoms with Gasteiger partial charge in [0.15, 0.2) is 0 Å². The van der Waals surface area contributed by atoms with Crippen molar-refractivity contribution in [1.29, 1.82) is 0 Å². The Morgan fingerprint density at radius 3 is 2.39 bits per heavy atom. The van der Waals surface area contributed by atoms with E-state index in [1.807, 2.05) is 0 Å². The van der Waals surface area contributed by atoms with Crippen LogP contribution in [0.3, 0.4) is 0 Å². The highest BCUT2D eigenvalue weighted by Gasteiger charge is 2.17. The molecule has 1 amide bonds. The molecule has 1 rings (SSSR count). The number of carbonyl (C=O) groups is 1. The van der Waals surface area contributed by atoms with Crippen LogP contribution in [0.25, 0.3) is 0 Å². The van der Waals surface area contributed by atoms with E-state index in [1.165, 1.54) is 24.3 Å². The molecule has 0 fully saturated rings. The summed E-state index contributed by atoms with van der Waals surface area (Å²) in [6, 6.07) is 5.62. The molecule has 0 heterocycles. The van der Waals surface area contributed by atoms with Crippen LogP contribution in [-0.4, -0.2) is 27.1 Å². The Morgan fingerprint density at radius 1 is 1.39 bits per heavy atom. The Labute approximate surface area is 105 Å². The maximum atomic E-state index is 12.7. The normalized spacial score (nSPS) is 13.2. The topological polar surface area (TPSA) is 89.3 Å². The van der Waals surface area contributed by atoms with Crippen LogP contribution >= 0.6 is 0 Å². The molecule has 0 saturated heterocycles.